The van der Waals surface area contributed by atoms with Gasteiger partial charge in [-0.2, -0.15) is 0 Å². The van der Waals surface area contributed by atoms with Gasteiger partial charge in [0.05, 0.1) is 10.2 Å². The Bertz CT molecular complexity index is 1460. The maximum absolute atomic E-state index is 12.5. The first-order valence-electron chi connectivity index (χ1n) is 9.69. The molecule has 0 fully saturated rings. The van der Waals surface area contributed by atoms with E-state index in [0.717, 1.165) is 26.6 Å². The smallest absolute Gasteiger partial charge is 0.255 e. The molecule has 0 bridgehead atoms. The highest BCUT2D eigenvalue weighted by atomic mass is 32.1. The number of carbonyl (C=O) groups excluding carboxylic acids is 2. The third-order valence-corrected chi connectivity index (χ3v) is 6.13. The lowest BCUT2D eigenvalue weighted by atomic mass is 9.99. The number of primary amides is 1. The van der Waals surface area contributed by atoms with E-state index in [0.29, 0.717) is 21.8 Å². The molecule has 150 valence electrons. The van der Waals surface area contributed by atoms with Crippen LogP contribution in [0.25, 0.3) is 31.6 Å². The van der Waals surface area contributed by atoms with Gasteiger partial charge >= 0.3 is 0 Å². The molecule has 0 saturated heterocycles. The summed E-state index contributed by atoms with van der Waals surface area (Å²) in [5.41, 5.74) is 8.91. The van der Waals surface area contributed by atoms with Crippen molar-refractivity contribution in [3.8, 4) is 10.6 Å². The topological polar surface area (TPSA) is 85.1 Å². The number of rotatable bonds is 4. The van der Waals surface area contributed by atoms with Gasteiger partial charge in [0.15, 0.2) is 0 Å². The predicted molar refractivity (Wildman–Crippen MR) is 125 cm³/mol. The molecule has 3 N–H and O–H groups in total. The molecule has 2 amide bonds. The summed E-state index contributed by atoms with van der Waals surface area (Å²) in [7, 11) is 0. The van der Waals surface area contributed by atoms with E-state index in [1.807, 2.05) is 66.7 Å². The van der Waals surface area contributed by atoms with Gasteiger partial charge in [-0.3, -0.25) is 9.59 Å². The Balaban J connectivity index is 1.58. The summed E-state index contributed by atoms with van der Waals surface area (Å²) < 4.78 is 0.907. The van der Waals surface area contributed by atoms with Crippen LogP contribution < -0.4 is 11.1 Å². The minimum Gasteiger partial charge on any atom is -0.366 e. The summed E-state index contributed by atoms with van der Waals surface area (Å²) in [6, 6.07) is 26.1. The van der Waals surface area contributed by atoms with Gasteiger partial charge < -0.3 is 11.1 Å². The number of anilines is 1. The lowest BCUT2D eigenvalue weighted by molar-refractivity contribution is 0.0998. The number of nitrogens with one attached hydrogen (secondary N) is 1. The molecule has 5 nitrogen and oxygen atoms in total. The Hall–Kier alpha value is -4.03. The van der Waals surface area contributed by atoms with Crippen molar-refractivity contribution in [2.45, 2.75) is 0 Å². The minimum atomic E-state index is -0.490. The van der Waals surface area contributed by atoms with Crippen LogP contribution in [-0.4, -0.2) is 16.8 Å². The van der Waals surface area contributed by atoms with Crippen LogP contribution in [0.1, 0.15) is 20.7 Å². The number of hydrogen-bond acceptors (Lipinski definition) is 4. The summed E-state index contributed by atoms with van der Waals surface area (Å²) in [6.45, 7) is 0. The number of fused-ring (bicyclic) bond motifs is 2. The highest BCUT2D eigenvalue weighted by molar-refractivity contribution is 7.21. The van der Waals surface area contributed by atoms with Crippen molar-refractivity contribution in [2.75, 3.05) is 5.32 Å². The number of aromatic nitrogens is 1. The van der Waals surface area contributed by atoms with Crippen LogP contribution in [0.5, 0.6) is 0 Å². The number of hydrogen-bond donors (Lipinski definition) is 2. The van der Waals surface area contributed by atoms with E-state index in [1.54, 1.807) is 18.2 Å². The second-order valence-corrected chi connectivity index (χ2v) is 8.13. The van der Waals surface area contributed by atoms with Gasteiger partial charge in [0.2, 0.25) is 5.91 Å². The van der Waals surface area contributed by atoms with E-state index in [4.69, 9.17) is 10.7 Å². The zero-order valence-corrected chi connectivity index (χ0v) is 17.1. The number of nitrogens with two attached hydrogens (primary N) is 1. The van der Waals surface area contributed by atoms with Crippen LogP contribution in [0, 0.1) is 0 Å². The molecule has 0 atom stereocenters. The van der Waals surface area contributed by atoms with Crippen molar-refractivity contribution in [1.82, 2.24) is 4.98 Å². The number of carbonyl (C=O) groups is 2. The molecule has 0 unspecified atom stereocenters. The second-order valence-electron chi connectivity index (χ2n) is 7.10. The van der Waals surface area contributed by atoms with Gasteiger partial charge in [0.25, 0.3) is 5.91 Å². The highest BCUT2D eigenvalue weighted by Crippen LogP contribution is 2.37. The van der Waals surface area contributed by atoms with Gasteiger partial charge in [0, 0.05) is 22.4 Å². The Labute approximate surface area is 182 Å². The summed E-state index contributed by atoms with van der Waals surface area (Å²) >= 11 is 1.46. The van der Waals surface area contributed by atoms with Gasteiger partial charge in [-0.15, -0.1) is 11.3 Å². The van der Waals surface area contributed by atoms with E-state index < -0.39 is 5.91 Å². The lowest BCUT2D eigenvalue weighted by Gasteiger charge is -2.08. The average Bonchev–Trinajstić information content (AvgIpc) is 3.21. The monoisotopic (exact) mass is 423 g/mol. The summed E-state index contributed by atoms with van der Waals surface area (Å²) in [6.07, 6.45) is 0. The van der Waals surface area contributed by atoms with Crippen LogP contribution in [0.3, 0.4) is 0 Å². The average molecular weight is 423 g/mol. The zero-order chi connectivity index (χ0) is 21.4. The Morgan fingerprint density at radius 2 is 1.65 bits per heavy atom. The quantitative estimate of drug-likeness (QED) is 0.402. The number of amides is 2. The third kappa shape index (κ3) is 3.53. The van der Waals surface area contributed by atoms with Crippen LogP contribution >= 0.6 is 11.3 Å². The van der Waals surface area contributed by atoms with Crippen LogP contribution in [0.15, 0.2) is 84.9 Å². The lowest BCUT2D eigenvalue weighted by Crippen LogP contribution is -2.12. The molecule has 5 aromatic rings. The number of thiazole rings is 1. The summed E-state index contributed by atoms with van der Waals surface area (Å²) in [4.78, 5) is 29.3. The maximum atomic E-state index is 12.5. The molecule has 0 aliphatic heterocycles. The fraction of sp³-hybridized carbons (Fsp3) is 0. The molecule has 0 spiro atoms. The van der Waals surface area contributed by atoms with E-state index in [-0.39, 0.29) is 5.91 Å². The fourth-order valence-electron chi connectivity index (χ4n) is 3.61. The van der Waals surface area contributed by atoms with Crippen LogP contribution in [0.4, 0.5) is 5.69 Å². The standard InChI is InChI=1S/C25H17N3O2S/c26-23(29)19-12-10-15-6-4-5-9-18(15)22(19)25-28-20-13-11-17(14-21(20)31-25)27-24(30)16-7-2-1-3-8-16/h1-14H,(H2,26,29)(H,27,30). The summed E-state index contributed by atoms with van der Waals surface area (Å²) in [5, 5.41) is 5.58. The van der Waals surface area contributed by atoms with Crippen molar-refractivity contribution in [3.05, 3.63) is 96.1 Å². The van der Waals surface area contributed by atoms with Gasteiger partial charge in [-0.05, 0) is 47.2 Å². The minimum absolute atomic E-state index is 0.172. The van der Waals surface area contributed by atoms with Crippen molar-refractivity contribution in [3.63, 3.8) is 0 Å². The predicted octanol–water partition coefficient (Wildman–Crippen LogP) is 5.47. The zero-order valence-electron chi connectivity index (χ0n) is 16.3. The number of nitrogens with zero attached hydrogens (tertiary/aromatic N) is 1. The molecule has 1 heterocycles. The van der Waals surface area contributed by atoms with Crippen LogP contribution in [0.2, 0.25) is 0 Å². The normalized spacial score (nSPS) is 11.0. The molecular weight excluding hydrogens is 406 g/mol. The first kappa shape index (κ1) is 19.0. The van der Waals surface area contributed by atoms with Crippen molar-refractivity contribution in [2.24, 2.45) is 5.73 Å². The van der Waals surface area contributed by atoms with Crippen LogP contribution in [-0.2, 0) is 0 Å². The molecule has 31 heavy (non-hydrogen) atoms. The third-order valence-electron chi connectivity index (χ3n) is 5.09. The van der Waals surface area contributed by atoms with E-state index in [9.17, 15) is 9.59 Å². The molecule has 6 heteroatoms. The van der Waals surface area contributed by atoms with E-state index in [1.165, 1.54) is 11.3 Å². The molecule has 5 rings (SSSR count). The molecule has 1 aromatic heterocycles. The second kappa shape index (κ2) is 7.66. The van der Waals surface area contributed by atoms with Crippen molar-refractivity contribution in [1.29, 1.82) is 0 Å². The summed E-state index contributed by atoms with van der Waals surface area (Å²) in [5.74, 6) is -0.662. The molecule has 0 aliphatic carbocycles. The molecule has 0 aliphatic rings. The van der Waals surface area contributed by atoms with Crippen molar-refractivity contribution < 1.29 is 9.59 Å². The fourth-order valence-corrected chi connectivity index (χ4v) is 4.69. The van der Waals surface area contributed by atoms with E-state index in [2.05, 4.69) is 5.32 Å². The molecular formula is C25H17N3O2S. The molecule has 0 saturated carbocycles. The molecule has 4 aromatic carbocycles. The maximum Gasteiger partial charge on any atom is 0.255 e. The first-order valence-corrected chi connectivity index (χ1v) is 10.5. The molecule has 0 radical (unpaired) electrons. The Kier molecular flexibility index (Phi) is 4.69. The Morgan fingerprint density at radius 3 is 2.45 bits per heavy atom. The van der Waals surface area contributed by atoms with Gasteiger partial charge in [-0.25, -0.2) is 4.98 Å². The van der Waals surface area contributed by atoms with Gasteiger partial charge in [0.1, 0.15) is 5.01 Å². The SMILES string of the molecule is NC(=O)c1ccc2ccccc2c1-c1nc2ccc(NC(=O)c3ccccc3)cc2s1. The number of benzene rings is 4. The van der Waals surface area contributed by atoms with E-state index >= 15 is 0 Å². The largest absolute Gasteiger partial charge is 0.366 e. The first-order chi connectivity index (χ1) is 15.1. The Morgan fingerprint density at radius 1 is 0.871 bits per heavy atom. The highest BCUT2D eigenvalue weighted by Gasteiger charge is 2.18. The van der Waals surface area contributed by atoms with Gasteiger partial charge in [-0.1, -0.05) is 48.5 Å². The van der Waals surface area contributed by atoms with Crippen molar-refractivity contribution >= 4 is 49.8 Å².